The van der Waals surface area contributed by atoms with E-state index < -0.39 is 0 Å². The van der Waals surface area contributed by atoms with Crippen LogP contribution in [0.2, 0.25) is 0 Å². The van der Waals surface area contributed by atoms with Gasteiger partial charge in [-0.1, -0.05) is 81.3 Å². The third-order valence-corrected chi connectivity index (χ3v) is 11.1. The first kappa shape index (κ1) is 34.0. The smallest absolute Gasteiger partial charge is 0.227 e. The molecule has 0 radical (unpaired) electrons. The number of aryl methyl sites for hydroxylation is 4. The van der Waals surface area contributed by atoms with Crippen molar-refractivity contribution in [2.45, 2.75) is 92.0 Å². The molecule has 2 aliphatic rings. The maximum Gasteiger partial charge on any atom is 0.227 e. The first-order chi connectivity index (χ1) is 25.2. The molecule has 4 nitrogen and oxygen atoms in total. The lowest BCUT2D eigenvalue weighted by molar-refractivity contribution is -0.571. The van der Waals surface area contributed by atoms with Gasteiger partial charge in [-0.3, -0.25) is 4.99 Å². The number of nitrogens with zero attached hydrogens (tertiary/aromatic N) is 3. The molecule has 0 fully saturated rings. The molecule has 0 amide bonds. The fraction of sp³-hybridized carbons (Fsp3) is 0.312. The molecule has 0 bridgehead atoms. The van der Waals surface area contributed by atoms with Crippen molar-refractivity contribution < 1.29 is 8.98 Å². The Labute approximate surface area is 308 Å². The second-order valence-electron chi connectivity index (χ2n) is 15.6. The van der Waals surface area contributed by atoms with Gasteiger partial charge >= 0.3 is 0 Å². The number of pyridine rings is 2. The standard InChI is InChI=1S/C48H50N3O/c1-8-9-10-14-40-36-18-15-30(4)26-39(36)37-19-16-35-17-22-44-47(38-20-21-41(50-48(38)52-44)45-31(5)12-11-13-32(45)6)46(35)43-28-34(25-29(2)3)23-24-51(43)33(7)27-42(37)49-40/h10-15,17-18,20-24,26,28-29,37,42H,7-9,16,19,25,27H2,1-6H3/q+1/b14-10-. The molecule has 52 heavy (non-hydrogen) atoms. The number of aliphatic imine (C=N–C) groups is 1. The summed E-state index contributed by atoms with van der Waals surface area (Å²) in [6.45, 7) is 18.1. The van der Waals surface area contributed by atoms with Crippen LogP contribution in [-0.4, -0.2) is 16.7 Å². The van der Waals surface area contributed by atoms with E-state index in [9.17, 15) is 0 Å². The Balaban J connectivity index is 1.34. The second kappa shape index (κ2) is 13.8. The summed E-state index contributed by atoms with van der Waals surface area (Å²) in [5, 5.41) is 2.18. The lowest BCUT2D eigenvalue weighted by Gasteiger charge is -2.32. The summed E-state index contributed by atoms with van der Waals surface area (Å²) in [6, 6.07) is 27.0. The van der Waals surface area contributed by atoms with Crippen LogP contribution in [0.5, 0.6) is 0 Å². The van der Waals surface area contributed by atoms with E-state index in [1.165, 1.54) is 55.8 Å². The molecule has 0 N–H and O–H groups in total. The number of furan rings is 1. The van der Waals surface area contributed by atoms with E-state index >= 15 is 0 Å². The highest BCUT2D eigenvalue weighted by Gasteiger charge is 2.35. The Hall–Kier alpha value is -5.09. The van der Waals surface area contributed by atoms with Crippen molar-refractivity contribution in [1.29, 1.82) is 0 Å². The Bertz CT molecular complexity index is 2400. The lowest BCUT2D eigenvalue weighted by Crippen LogP contribution is -2.38. The van der Waals surface area contributed by atoms with Crippen LogP contribution in [0.4, 0.5) is 0 Å². The van der Waals surface area contributed by atoms with E-state index in [1.54, 1.807) is 0 Å². The zero-order valence-electron chi connectivity index (χ0n) is 31.6. The summed E-state index contributed by atoms with van der Waals surface area (Å²) in [4.78, 5) is 10.7. The Morgan fingerprint density at radius 2 is 1.79 bits per heavy atom. The Kier molecular flexibility index (Phi) is 9.03. The van der Waals surface area contributed by atoms with Gasteiger partial charge in [-0.05, 0) is 111 Å². The normalized spacial score (nSPS) is 17.3. The summed E-state index contributed by atoms with van der Waals surface area (Å²) in [5.41, 5.74) is 17.3. The minimum Gasteiger partial charge on any atom is -0.438 e. The van der Waals surface area contributed by atoms with Crippen LogP contribution < -0.4 is 4.57 Å². The average molecular weight is 685 g/mol. The summed E-state index contributed by atoms with van der Waals surface area (Å²) < 4.78 is 9.00. The highest BCUT2D eigenvalue weighted by atomic mass is 16.3. The van der Waals surface area contributed by atoms with Crippen LogP contribution in [0.3, 0.4) is 0 Å². The van der Waals surface area contributed by atoms with Crippen LogP contribution in [0.1, 0.15) is 91.3 Å². The van der Waals surface area contributed by atoms with Crippen molar-refractivity contribution in [3.8, 4) is 22.5 Å². The molecule has 0 aliphatic carbocycles. The van der Waals surface area contributed by atoms with Gasteiger partial charge < -0.3 is 4.42 Å². The molecular weight excluding hydrogens is 635 g/mol. The van der Waals surface area contributed by atoms with E-state index in [0.717, 1.165) is 72.0 Å². The highest BCUT2D eigenvalue weighted by molar-refractivity contribution is 6.12. The van der Waals surface area contributed by atoms with Crippen molar-refractivity contribution in [3.63, 3.8) is 0 Å². The van der Waals surface area contributed by atoms with Gasteiger partial charge in [0.25, 0.3) is 0 Å². The number of fused-ring (bicyclic) bond motifs is 10. The number of hydrogen-bond acceptors (Lipinski definition) is 3. The third-order valence-electron chi connectivity index (χ3n) is 11.1. The molecule has 2 unspecified atom stereocenters. The minimum atomic E-state index is 0.103. The zero-order chi connectivity index (χ0) is 36.1. The first-order valence-corrected chi connectivity index (χ1v) is 19.2. The fourth-order valence-corrected chi connectivity index (χ4v) is 8.71. The van der Waals surface area contributed by atoms with Crippen molar-refractivity contribution in [2.75, 3.05) is 0 Å². The molecule has 2 aliphatic heterocycles. The van der Waals surface area contributed by atoms with Crippen LogP contribution in [-0.2, 0) is 12.8 Å². The van der Waals surface area contributed by atoms with Gasteiger partial charge in [0, 0.05) is 39.9 Å². The summed E-state index contributed by atoms with van der Waals surface area (Å²) in [6.07, 6.45) is 12.7. The molecule has 3 aromatic carbocycles. The summed E-state index contributed by atoms with van der Waals surface area (Å²) >= 11 is 0. The van der Waals surface area contributed by atoms with Gasteiger partial charge in [-0.2, -0.15) is 4.57 Å². The summed E-state index contributed by atoms with van der Waals surface area (Å²) in [7, 11) is 0. The number of benzene rings is 3. The molecule has 6 aromatic rings. The molecule has 5 heterocycles. The topological polar surface area (TPSA) is 42.3 Å². The fourth-order valence-electron chi connectivity index (χ4n) is 8.71. The van der Waals surface area contributed by atoms with Crippen LogP contribution in [0.25, 0.3) is 50.3 Å². The number of rotatable bonds is 6. The van der Waals surface area contributed by atoms with Crippen LogP contribution >= 0.6 is 0 Å². The Morgan fingerprint density at radius 1 is 0.962 bits per heavy atom. The number of allylic oxidation sites excluding steroid dienone is 2. The van der Waals surface area contributed by atoms with Gasteiger partial charge in [0.15, 0.2) is 11.9 Å². The second-order valence-corrected chi connectivity index (χ2v) is 15.6. The summed E-state index contributed by atoms with van der Waals surface area (Å²) in [5.74, 6) is 0.826. The predicted octanol–water partition coefficient (Wildman–Crippen LogP) is 11.8. The molecule has 262 valence electrons. The quantitative estimate of drug-likeness (QED) is 0.164. The third kappa shape index (κ3) is 6.12. The number of hydrogen-bond donors (Lipinski definition) is 0. The molecule has 4 heteroatoms. The molecule has 3 aromatic heterocycles. The van der Waals surface area contributed by atoms with Crippen molar-refractivity contribution in [2.24, 2.45) is 10.9 Å². The molecule has 8 rings (SSSR count). The molecular formula is C48H50N3O+. The maximum atomic E-state index is 6.66. The zero-order valence-corrected chi connectivity index (χ0v) is 31.6. The first-order valence-electron chi connectivity index (χ1n) is 19.2. The molecule has 0 spiro atoms. The van der Waals surface area contributed by atoms with Gasteiger partial charge in [0.05, 0.1) is 29.4 Å². The van der Waals surface area contributed by atoms with Gasteiger partial charge in [-0.15, -0.1) is 0 Å². The average Bonchev–Trinajstić information content (AvgIpc) is 3.48. The van der Waals surface area contributed by atoms with Crippen molar-refractivity contribution >= 4 is 33.5 Å². The van der Waals surface area contributed by atoms with Gasteiger partial charge in [0.1, 0.15) is 5.58 Å². The van der Waals surface area contributed by atoms with E-state index in [2.05, 4.69) is 137 Å². The van der Waals surface area contributed by atoms with Gasteiger partial charge in [-0.25, -0.2) is 4.98 Å². The number of aromatic nitrogens is 2. The maximum absolute atomic E-state index is 6.66. The predicted molar refractivity (Wildman–Crippen MR) is 217 cm³/mol. The molecule has 2 atom stereocenters. The largest absolute Gasteiger partial charge is 0.438 e. The lowest BCUT2D eigenvalue weighted by atomic mass is 9.77. The SMILES string of the molecule is C=C1CC2N=C(/C=C\CCC)c3ccc(C)cc3C2CCc2ccc3oc4nc(-c5c(C)cccc5C)ccc4c3c2-c2cc(CC(C)C)cc[n+]21. The van der Waals surface area contributed by atoms with E-state index in [4.69, 9.17) is 21.0 Å². The van der Waals surface area contributed by atoms with Gasteiger partial charge in [0.2, 0.25) is 11.4 Å². The van der Waals surface area contributed by atoms with Crippen molar-refractivity contribution in [3.05, 3.63) is 137 Å². The van der Waals surface area contributed by atoms with E-state index in [0.29, 0.717) is 11.6 Å². The van der Waals surface area contributed by atoms with Crippen LogP contribution in [0.15, 0.2) is 107 Å². The monoisotopic (exact) mass is 684 g/mol. The molecule has 0 saturated heterocycles. The van der Waals surface area contributed by atoms with Crippen molar-refractivity contribution in [1.82, 2.24) is 4.98 Å². The highest BCUT2D eigenvalue weighted by Crippen LogP contribution is 2.43. The number of unbranched alkanes of at least 4 members (excludes halogenated alkanes) is 1. The van der Waals surface area contributed by atoms with Crippen LogP contribution in [0, 0.1) is 26.7 Å². The van der Waals surface area contributed by atoms with E-state index in [1.807, 2.05) is 0 Å². The minimum absolute atomic E-state index is 0.103. The Morgan fingerprint density at radius 3 is 2.58 bits per heavy atom. The molecule has 0 saturated carbocycles. The van der Waals surface area contributed by atoms with E-state index in [-0.39, 0.29) is 12.0 Å².